The first-order chi connectivity index (χ1) is 9.67. The summed E-state index contributed by atoms with van der Waals surface area (Å²) in [6, 6.07) is 1.52. The second-order valence-electron chi connectivity index (χ2n) is 5.93. The molecule has 2 N–H and O–H groups in total. The number of ether oxygens (including phenoxy) is 1. The zero-order chi connectivity index (χ0) is 16.0. The summed E-state index contributed by atoms with van der Waals surface area (Å²) in [6.07, 6.45) is 1.94. The van der Waals surface area contributed by atoms with Gasteiger partial charge in [0, 0.05) is 37.8 Å². The number of aromatic nitrogens is 2. The minimum Gasteiger partial charge on any atom is -0.481 e. The molecule has 0 saturated carbocycles. The molecule has 1 unspecified atom stereocenters. The van der Waals surface area contributed by atoms with E-state index in [1.807, 2.05) is 6.07 Å². The minimum atomic E-state index is -0.893. The fourth-order valence-electron chi connectivity index (χ4n) is 1.85. The van der Waals surface area contributed by atoms with Crippen molar-refractivity contribution in [2.24, 2.45) is 7.05 Å². The van der Waals surface area contributed by atoms with Crippen LogP contribution < -0.4 is 5.32 Å². The van der Waals surface area contributed by atoms with Crippen LogP contribution in [0, 0.1) is 0 Å². The number of hydrogen-bond donors (Lipinski definition) is 2. The highest BCUT2D eigenvalue weighted by molar-refractivity contribution is 5.69. The minimum absolute atomic E-state index is 0.0156. The summed E-state index contributed by atoms with van der Waals surface area (Å²) in [5.74, 6) is -0.893. The highest BCUT2D eigenvalue weighted by Gasteiger charge is 2.21. The lowest BCUT2D eigenvalue weighted by Gasteiger charge is -2.23. The Kier molecular flexibility index (Phi) is 5.75. The predicted octanol–water partition coefficient (Wildman–Crippen LogP) is 1.72. The third-order valence-electron chi connectivity index (χ3n) is 2.81. The summed E-state index contributed by atoms with van der Waals surface area (Å²) < 4.78 is 6.90. The highest BCUT2D eigenvalue weighted by Crippen LogP contribution is 2.10. The molecule has 0 aliphatic carbocycles. The number of carbonyl (C=O) groups is 2. The van der Waals surface area contributed by atoms with Crippen LogP contribution in [0.1, 0.15) is 39.3 Å². The van der Waals surface area contributed by atoms with Crippen molar-refractivity contribution in [2.45, 2.75) is 51.7 Å². The maximum absolute atomic E-state index is 11.8. The molecule has 1 amide bonds. The number of carboxylic acids is 1. The Morgan fingerprint density at radius 3 is 2.62 bits per heavy atom. The van der Waals surface area contributed by atoms with E-state index < -0.39 is 17.7 Å². The summed E-state index contributed by atoms with van der Waals surface area (Å²) in [4.78, 5) is 22.6. The van der Waals surface area contributed by atoms with Gasteiger partial charge in [-0.05, 0) is 33.3 Å². The Morgan fingerprint density at radius 1 is 1.48 bits per heavy atom. The van der Waals surface area contributed by atoms with Crippen molar-refractivity contribution < 1.29 is 19.4 Å². The third kappa shape index (κ3) is 6.78. The second-order valence-corrected chi connectivity index (χ2v) is 5.93. The second kappa shape index (κ2) is 7.10. The van der Waals surface area contributed by atoms with Crippen LogP contribution in [0.5, 0.6) is 0 Å². The molecule has 1 atom stereocenters. The van der Waals surface area contributed by atoms with Gasteiger partial charge >= 0.3 is 12.1 Å². The van der Waals surface area contributed by atoms with Gasteiger partial charge in [-0.2, -0.15) is 5.10 Å². The Labute approximate surface area is 124 Å². The van der Waals surface area contributed by atoms with E-state index in [1.165, 1.54) is 0 Å². The van der Waals surface area contributed by atoms with E-state index in [0.29, 0.717) is 12.8 Å². The summed E-state index contributed by atoms with van der Waals surface area (Å²) in [5, 5.41) is 15.6. The number of aryl methyl sites for hydroxylation is 1. The first kappa shape index (κ1) is 17.0. The molecule has 0 aromatic carbocycles. The Balaban J connectivity index is 2.66. The van der Waals surface area contributed by atoms with Gasteiger partial charge in [-0.3, -0.25) is 9.48 Å². The molecule has 21 heavy (non-hydrogen) atoms. The van der Waals surface area contributed by atoms with E-state index in [0.717, 1.165) is 5.69 Å². The summed E-state index contributed by atoms with van der Waals surface area (Å²) >= 11 is 0. The molecule has 0 bridgehead atoms. The summed E-state index contributed by atoms with van der Waals surface area (Å²) in [7, 11) is 1.80. The monoisotopic (exact) mass is 297 g/mol. The lowest BCUT2D eigenvalue weighted by Crippen LogP contribution is -2.40. The van der Waals surface area contributed by atoms with Crippen molar-refractivity contribution in [1.82, 2.24) is 15.1 Å². The lowest BCUT2D eigenvalue weighted by atomic mass is 10.1. The van der Waals surface area contributed by atoms with E-state index in [-0.39, 0.29) is 12.5 Å². The average molecular weight is 297 g/mol. The molecule has 0 saturated heterocycles. The molecule has 1 aromatic heterocycles. The van der Waals surface area contributed by atoms with Crippen molar-refractivity contribution in [2.75, 3.05) is 0 Å². The number of rotatable bonds is 6. The molecule has 1 heterocycles. The van der Waals surface area contributed by atoms with Crippen molar-refractivity contribution in [3.63, 3.8) is 0 Å². The molecule has 0 aliphatic heterocycles. The normalized spacial score (nSPS) is 12.8. The van der Waals surface area contributed by atoms with E-state index in [2.05, 4.69) is 10.4 Å². The molecule has 1 aromatic rings. The van der Waals surface area contributed by atoms with E-state index in [4.69, 9.17) is 9.84 Å². The average Bonchev–Trinajstić information content (AvgIpc) is 2.69. The number of carboxylic acid groups (broad SMARTS) is 1. The number of aliphatic carboxylic acids is 1. The maximum Gasteiger partial charge on any atom is 0.407 e. The Bertz CT molecular complexity index is 491. The van der Waals surface area contributed by atoms with Gasteiger partial charge in [-0.15, -0.1) is 0 Å². The quantitative estimate of drug-likeness (QED) is 0.834. The van der Waals surface area contributed by atoms with Gasteiger partial charge < -0.3 is 15.2 Å². The number of carbonyl (C=O) groups excluding carboxylic acids is 1. The zero-order valence-corrected chi connectivity index (χ0v) is 12.9. The Morgan fingerprint density at radius 2 is 2.14 bits per heavy atom. The molecule has 7 nitrogen and oxygen atoms in total. The van der Waals surface area contributed by atoms with Gasteiger partial charge in [-0.25, -0.2) is 4.79 Å². The van der Waals surface area contributed by atoms with Crippen LogP contribution in [-0.4, -0.2) is 38.6 Å². The van der Waals surface area contributed by atoms with Gasteiger partial charge in [0.2, 0.25) is 0 Å². The van der Waals surface area contributed by atoms with E-state index in [1.54, 1.807) is 38.7 Å². The number of nitrogens with one attached hydrogen (secondary N) is 1. The molecule has 7 heteroatoms. The summed E-state index contributed by atoms with van der Waals surface area (Å²) in [5.41, 5.74) is 0.329. The van der Waals surface area contributed by atoms with Crippen LogP contribution >= 0.6 is 0 Å². The number of alkyl carbamates (subject to hydrolysis) is 1. The number of hydrogen-bond acceptors (Lipinski definition) is 4. The topological polar surface area (TPSA) is 93.5 Å². The van der Waals surface area contributed by atoms with Crippen LogP contribution in [0.15, 0.2) is 12.3 Å². The van der Waals surface area contributed by atoms with Gasteiger partial charge in [-0.1, -0.05) is 0 Å². The van der Waals surface area contributed by atoms with Crippen molar-refractivity contribution in [3.8, 4) is 0 Å². The van der Waals surface area contributed by atoms with Gasteiger partial charge in [0.15, 0.2) is 0 Å². The largest absolute Gasteiger partial charge is 0.481 e. The molecular weight excluding hydrogens is 274 g/mol. The van der Waals surface area contributed by atoms with Crippen molar-refractivity contribution >= 4 is 12.1 Å². The van der Waals surface area contributed by atoms with Crippen molar-refractivity contribution in [3.05, 3.63) is 18.0 Å². The Hall–Kier alpha value is -2.05. The van der Waals surface area contributed by atoms with E-state index >= 15 is 0 Å². The number of nitrogens with zero attached hydrogens (tertiary/aromatic N) is 2. The van der Waals surface area contributed by atoms with Gasteiger partial charge in [0.1, 0.15) is 5.60 Å². The molecule has 1 rings (SSSR count). The number of amides is 1. The fraction of sp³-hybridized carbons (Fsp3) is 0.643. The predicted molar refractivity (Wildman–Crippen MR) is 76.9 cm³/mol. The molecule has 0 aliphatic rings. The lowest BCUT2D eigenvalue weighted by molar-refractivity contribution is -0.137. The van der Waals surface area contributed by atoms with E-state index in [9.17, 15) is 9.59 Å². The standard InChI is InChI=1S/C14H23N3O4/c1-14(2,3)21-13(20)16-10(5-6-12(18)19)9-11-7-8-15-17(11)4/h7-8,10H,5-6,9H2,1-4H3,(H,16,20)(H,18,19). The maximum atomic E-state index is 11.8. The van der Waals surface area contributed by atoms with Crippen LogP contribution in [0.25, 0.3) is 0 Å². The van der Waals surface area contributed by atoms with Crippen LogP contribution in [0.3, 0.4) is 0 Å². The molecule has 0 spiro atoms. The zero-order valence-electron chi connectivity index (χ0n) is 12.9. The van der Waals surface area contributed by atoms with Crippen LogP contribution in [0.2, 0.25) is 0 Å². The SMILES string of the molecule is Cn1nccc1CC(CCC(=O)O)NC(=O)OC(C)(C)C. The van der Waals surface area contributed by atoms with Crippen LogP contribution in [-0.2, 0) is 23.0 Å². The highest BCUT2D eigenvalue weighted by atomic mass is 16.6. The van der Waals surface area contributed by atoms with Crippen LogP contribution in [0.4, 0.5) is 4.79 Å². The van der Waals surface area contributed by atoms with Gasteiger partial charge in [0.05, 0.1) is 0 Å². The third-order valence-corrected chi connectivity index (χ3v) is 2.81. The van der Waals surface area contributed by atoms with Crippen molar-refractivity contribution in [1.29, 1.82) is 0 Å². The molecular formula is C14H23N3O4. The van der Waals surface area contributed by atoms with Gasteiger partial charge in [0.25, 0.3) is 0 Å². The first-order valence-electron chi connectivity index (χ1n) is 6.85. The summed E-state index contributed by atoms with van der Waals surface area (Å²) in [6.45, 7) is 5.33. The molecule has 118 valence electrons. The molecule has 0 radical (unpaired) electrons. The first-order valence-corrected chi connectivity index (χ1v) is 6.85. The fourth-order valence-corrected chi connectivity index (χ4v) is 1.85. The molecule has 0 fully saturated rings. The smallest absolute Gasteiger partial charge is 0.407 e.